The van der Waals surface area contributed by atoms with Gasteiger partial charge in [0.2, 0.25) is 0 Å². The van der Waals surface area contributed by atoms with Crippen molar-refractivity contribution in [3.05, 3.63) is 0 Å². The summed E-state index contributed by atoms with van der Waals surface area (Å²) in [5.74, 6) is 1.90. The Morgan fingerprint density at radius 3 is 2.85 bits per heavy atom. The van der Waals surface area contributed by atoms with Crippen molar-refractivity contribution in [3.8, 4) is 0 Å². The lowest BCUT2D eigenvalue weighted by molar-refractivity contribution is 0.211. The molecule has 1 heteroatoms. The van der Waals surface area contributed by atoms with Gasteiger partial charge < -0.3 is 5.32 Å². The lowest BCUT2D eigenvalue weighted by Crippen LogP contribution is -2.47. The van der Waals surface area contributed by atoms with Crippen molar-refractivity contribution < 1.29 is 0 Å². The minimum absolute atomic E-state index is 0.823. The Morgan fingerprint density at radius 2 is 2.08 bits per heavy atom. The molecule has 2 aliphatic rings. The van der Waals surface area contributed by atoms with Gasteiger partial charge in [-0.1, -0.05) is 26.7 Å². The van der Waals surface area contributed by atoms with Crippen LogP contribution >= 0.6 is 0 Å². The van der Waals surface area contributed by atoms with Gasteiger partial charge in [-0.15, -0.1) is 0 Å². The van der Waals surface area contributed by atoms with Crippen LogP contribution in [0, 0.1) is 11.8 Å². The van der Waals surface area contributed by atoms with Crippen LogP contribution in [0.2, 0.25) is 0 Å². The molecule has 4 atom stereocenters. The second-order valence-corrected chi connectivity index (χ2v) is 5.03. The van der Waals surface area contributed by atoms with Gasteiger partial charge in [-0.3, -0.25) is 0 Å². The minimum atomic E-state index is 0.823. The summed E-state index contributed by atoms with van der Waals surface area (Å²) in [5, 5.41) is 3.87. The Balaban J connectivity index is 1.89. The second-order valence-electron chi connectivity index (χ2n) is 5.03. The standard InChI is InChI=1S/C12H23N/c1-3-9(2)11-8-7-10-5-4-6-12(10)13-11/h9-13H,3-8H2,1-2H3. The molecule has 1 saturated carbocycles. The van der Waals surface area contributed by atoms with Gasteiger partial charge in [0.05, 0.1) is 0 Å². The molecule has 0 aromatic heterocycles. The first kappa shape index (κ1) is 9.51. The molecule has 0 aromatic rings. The van der Waals surface area contributed by atoms with E-state index in [1.807, 2.05) is 0 Å². The van der Waals surface area contributed by atoms with E-state index in [-0.39, 0.29) is 0 Å². The van der Waals surface area contributed by atoms with Crippen molar-refractivity contribution >= 4 is 0 Å². The average molecular weight is 181 g/mol. The predicted molar refractivity (Wildman–Crippen MR) is 56.7 cm³/mol. The third-order valence-electron chi connectivity index (χ3n) is 4.27. The summed E-state index contributed by atoms with van der Waals surface area (Å²) >= 11 is 0. The van der Waals surface area contributed by atoms with Gasteiger partial charge in [0, 0.05) is 12.1 Å². The fourth-order valence-electron chi connectivity index (χ4n) is 3.09. The molecule has 76 valence electrons. The van der Waals surface area contributed by atoms with E-state index in [1.165, 1.54) is 38.5 Å². The van der Waals surface area contributed by atoms with Gasteiger partial charge in [-0.25, -0.2) is 0 Å². The van der Waals surface area contributed by atoms with Crippen LogP contribution in [0.4, 0.5) is 0 Å². The Kier molecular flexibility index (Phi) is 2.92. The zero-order chi connectivity index (χ0) is 9.26. The SMILES string of the molecule is CCC(C)C1CCC2CCCC2N1. The largest absolute Gasteiger partial charge is 0.311 e. The van der Waals surface area contributed by atoms with E-state index in [1.54, 1.807) is 0 Å². The van der Waals surface area contributed by atoms with Crippen LogP contribution < -0.4 is 5.32 Å². The Hall–Kier alpha value is -0.0400. The minimum Gasteiger partial charge on any atom is -0.311 e. The summed E-state index contributed by atoms with van der Waals surface area (Å²) in [6, 6.07) is 1.71. The zero-order valence-corrected chi connectivity index (χ0v) is 9.05. The van der Waals surface area contributed by atoms with Gasteiger partial charge >= 0.3 is 0 Å². The molecule has 1 heterocycles. The highest BCUT2D eigenvalue weighted by Gasteiger charge is 2.34. The van der Waals surface area contributed by atoms with Crippen LogP contribution in [0.5, 0.6) is 0 Å². The van der Waals surface area contributed by atoms with Gasteiger partial charge in [-0.05, 0) is 37.5 Å². The van der Waals surface area contributed by atoms with E-state index in [9.17, 15) is 0 Å². The van der Waals surface area contributed by atoms with E-state index in [2.05, 4.69) is 19.2 Å². The highest BCUT2D eigenvalue weighted by Crippen LogP contribution is 2.35. The molecule has 0 aromatic carbocycles. The highest BCUT2D eigenvalue weighted by molar-refractivity contribution is 4.92. The van der Waals surface area contributed by atoms with Gasteiger partial charge in [-0.2, -0.15) is 0 Å². The quantitative estimate of drug-likeness (QED) is 0.690. The van der Waals surface area contributed by atoms with Crippen LogP contribution in [-0.2, 0) is 0 Å². The van der Waals surface area contributed by atoms with Crippen molar-refractivity contribution in [1.29, 1.82) is 0 Å². The van der Waals surface area contributed by atoms with E-state index in [0.29, 0.717) is 0 Å². The smallest absolute Gasteiger partial charge is 0.00980 e. The molecular formula is C12H23N. The third kappa shape index (κ3) is 1.90. The number of hydrogen-bond donors (Lipinski definition) is 1. The van der Waals surface area contributed by atoms with Gasteiger partial charge in [0.25, 0.3) is 0 Å². The summed E-state index contributed by atoms with van der Waals surface area (Å²) < 4.78 is 0. The number of rotatable bonds is 2. The first-order valence-corrected chi connectivity index (χ1v) is 6.07. The second kappa shape index (κ2) is 4.00. The van der Waals surface area contributed by atoms with E-state index in [0.717, 1.165) is 23.9 Å². The average Bonchev–Trinajstić information content (AvgIpc) is 2.63. The molecule has 2 fully saturated rings. The molecule has 1 nitrogen and oxygen atoms in total. The number of fused-ring (bicyclic) bond motifs is 1. The molecule has 1 N–H and O–H groups in total. The number of hydrogen-bond acceptors (Lipinski definition) is 1. The predicted octanol–water partition coefficient (Wildman–Crippen LogP) is 2.95. The summed E-state index contributed by atoms with van der Waals surface area (Å²) in [6.07, 6.45) is 8.65. The van der Waals surface area contributed by atoms with Crippen LogP contribution in [0.25, 0.3) is 0 Å². The molecule has 4 unspecified atom stereocenters. The molecule has 1 saturated heterocycles. The Labute approximate surface area is 82.3 Å². The van der Waals surface area contributed by atoms with E-state index < -0.39 is 0 Å². The molecule has 13 heavy (non-hydrogen) atoms. The maximum Gasteiger partial charge on any atom is 0.00980 e. The number of nitrogens with one attached hydrogen (secondary N) is 1. The summed E-state index contributed by atoms with van der Waals surface area (Å²) in [5.41, 5.74) is 0. The maximum atomic E-state index is 3.87. The molecule has 2 rings (SSSR count). The Bertz CT molecular complexity index is 167. The fraction of sp³-hybridized carbons (Fsp3) is 1.00. The maximum absolute atomic E-state index is 3.87. The highest BCUT2D eigenvalue weighted by atomic mass is 15.0. The van der Waals surface area contributed by atoms with Gasteiger partial charge in [0.15, 0.2) is 0 Å². The first-order chi connectivity index (χ1) is 6.31. The van der Waals surface area contributed by atoms with E-state index >= 15 is 0 Å². The summed E-state index contributed by atoms with van der Waals surface area (Å²) in [4.78, 5) is 0. The van der Waals surface area contributed by atoms with Crippen molar-refractivity contribution in [2.24, 2.45) is 11.8 Å². The molecule has 0 amide bonds. The van der Waals surface area contributed by atoms with Crippen LogP contribution in [0.1, 0.15) is 52.4 Å². The van der Waals surface area contributed by atoms with Crippen molar-refractivity contribution in [2.75, 3.05) is 0 Å². The summed E-state index contributed by atoms with van der Waals surface area (Å²) in [6.45, 7) is 4.71. The van der Waals surface area contributed by atoms with Crippen molar-refractivity contribution in [2.45, 2.75) is 64.5 Å². The lowest BCUT2D eigenvalue weighted by atomic mass is 9.84. The van der Waals surface area contributed by atoms with Crippen LogP contribution in [0.15, 0.2) is 0 Å². The molecule has 1 aliphatic carbocycles. The van der Waals surface area contributed by atoms with Crippen LogP contribution in [0.3, 0.4) is 0 Å². The van der Waals surface area contributed by atoms with Crippen molar-refractivity contribution in [3.63, 3.8) is 0 Å². The topological polar surface area (TPSA) is 12.0 Å². The monoisotopic (exact) mass is 181 g/mol. The van der Waals surface area contributed by atoms with E-state index in [4.69, 9.17) is 0 Å². The molecule has 1 aliphatic heterocycles. The fourth-order valence-corrected chi connectivity index (χ4v) is 3.09. The zero-order valence-electron chi connectivity index (χ0n) is 9.05. The van der Waals surface area contributed by atoms with Crippen molar-refractivity contribution in [1.82, 2.24) is 5.32 Å². The molecule has 0 spiro atoms. The summed E-state index contributed by atoms with van der Waals surface area (Å²) in [7, 11) is 0. The normalized spacial score (nSPS) is 41.5. The van der Waals surface area contributed by atoms with Crippen LogP contribution in [-0.4, -0.2) is 12.1 Å². The Morgan fingerprint density at radius 1 is 1.23 bits per heavy atom. The molecule has 0 bridgehead atoms. The third-order valence-corrected chi connectivity index (χ3v) is 4.27. The van der Waals surface area contributed by atoms with Gasteiger partial charge in [0.1, 0.15) is 0 Å². The lowest BCUT2D eigenvalue weighted by Gasteiger charge is -2.36. The molecular weight excluding hydrogens is 158 g/mol. The first-order valence-electron chi connectivity index (χ1n) is 6.07. The molecule has 0 radical (unpaired) electrons. The number of piperidine rings is 1.